The van der Waals surface area contributed by atoms with Gasteiger partial charge in [0.05, 0.1) is 7.11 Å². The van der Waals surface area contributed by atoms with Crippen molar-refractivity contribution in [1.82, 2.24) is 20.1 Å². The van der Waals surface area contributed by atoms with Crippen LogP contribution in [0, 0.1) is 0 Å². The highest BCUT2D eigenvalue weighted by molar-refractivity contribution is 5.87. The Morgan fingerprint density at radius 2 is 2.23 bits per heavy atom. The van der Waals surface area contributed by atoms with Gasteiger partial charge >= 0.3 is 12.0 Å². The lowest BCUT2D eigenvalue weighted by atomic mass is 10.2. The molecular formula is C14H18N6O2. The molecule has 0 saturated carbocycles. The number of amides is 2. The molecule has 2 amide bonds. The monoisotopic (exact) mass is 302 g/mol. The van der Waals surface area contributed by atoms with Crippen LogP contribution in [0.4, 0.5) is 16.4 Å². The SMILES string of the molecule is COc1n[nH]c(NC(=O)N2CC[C@H](Nc3ccccc3)C2)n1. The Morgan fingerprint density at radius 3 is 2.95 bits per heavy atom. The van der Waals surface area contributed by atoms with Crippen molar-refractivity contribution in [2.24, 2.45) is 0 Å². The first-order valence-corrected chi connectivity index (χ1v) is 7.08. The number of hydrogen-bond acceptors (Lipinski definition) is 5. The van der Waals surface area contributed by atoms with E-state index in [1.165, 1.54) is 7.11 Å². The van der Waals surface area contributed by atoms with E-state index in [0.29, 0.717) is 13.1 Å². The van der Waals surface area contributed by atoms with Crippen molar-refractivity contribution in [3.8, 4) is 6.01 Å². The maximum Gasteiger partial charge on any atom is 0.336 e. The Bertz CT molecular complexity index is 629. The van der Waals surface area contributed by atoms with Crippen molar-refractivity contribution >= 4 is 17.7 Å². The standard InChI is InChI=1S/C14H18N6O2/c1-22-13-16-12(18-19-13)17-14(21)20-8-7-11(9-20)15-10-5-3-2-4-6-10/h2-6,11,15H,7-9H2,1H3,(H2,16,17,18,19,21)/t11-/m0/s1. The topological polar surface area (TPSA) is 95.2 Å². The molecule has 2 heterocycles. The molecule has 8 nitrogen and oxygen atoms in total. The molecule has 2 aromatic rings. The minimum atomic E-state index is -0.198. The summed E-state index contributed by atoms with van der Waals surface area (Å²) in [6.07, 6.45) is 0.905. The molecular weight excluding hydrogens is 284 g/mol. The van der Waals surface area contributed by atoms with E-state index in [1.54, 1.807) is 4.90 Å². The Labute approximate surface area is 127 Å². The smallest absolute Gasteiger partial charge is 0.336 e. The Morgan fingerprint density at radius 1 is 1.41 bits per heavy atom. The van der Waals surface area contributed by atoms with E-state index in [9.17, 15) is 4.79 Å². The number of rotatable bonds is 4. The maximum atomic E-state index is 12.2. The molecule has 1 aromatic carbocycles. The molecule has 22 heavy (non-hydrogen) atoms. The number of aromatic nitrogens is 3. The van der Waals surface area contributed by atoms with Crippen LogP contribution in [-0.4, -0.2) is 52.4 Å². The molecule has 1 aromatic heterocycles. The van der Waals surface area contributed by atoms with Gasteiger partial charge in [-0.1, -0.05) is 18.2 Å². The zero-order valence-electron chi connectivity index (χ0n) is 12.2. The Balaban J connectivity index is 1.52. The van der Waals surface area contributed by atoms with Gasteiger partial charge in [0, 0.05) is 24.8 Å². The molecule has 3 rings (SSSR count). The number of anilines is 2. The predicted molar refractivity (Wildman–Crippen MR) is 82.0 cm³/mol. The van der Waals surface area contributed by atoms with Gasteiger partial charge in [-0.2, -0.15) is 4.98 Å². The fourth-order valence-electron chi connectivity index (χ4n) is 2.41. The van der Waals surface area contributed by atoms with Gasteiger partial charge in [0.15, 0.2) is 0 Å². The summed E-state index contributed by atoms with van der Waals surface area (Å²) in [6.45, 7) is 1.34. The first-order valence-electron chi connectivity index (χ1n) is 7.08. The zero-order chi connectivity index (χ0) is 15.4. The zero-order valence-corrected chi connectivity index (χ0v) is 12.2. The van der Waals surface area contributed by atoms with Gasteiger partial charge in [-0.15, -0.1) is 5.10 Å². The number of benzene rings is 1. The second kappa shape index (κ2) is 6.33. The number of methoxy groups -OCH3 is 1. The van der Waals surface area contributed by atoms with E-state index in [4.69, 9.17) is 4.74 Å². The van der Waals surface area contributed by atoms with Gasteiger partial charge in [-0.05, 0) is 18.6 Å². The summed E-state index contributed by atoms with van der Waals surface area (Å²) in [5.41, 5.74) is 1.06. The van der Waals surface area contributed by atoms with E-state index in [2.05, 4.69) is 25.8 Å². The maximum absolute atomic E-state index is 12.2. The van der Waals surface area contributed by atoms with Crippen LogP contribution in [0.3, 0.4) is 0 Å². The summed E-state index contributed by atoms with van der Waals surface area (Å²) < 4.78 is 4.86. The van der Waals surface area contributed by atoms with Gasteiger partial charge in [-0.25, -0.2) is 9.89 Å². The van der Waals surface area contributed by atoms with Gasteiger partial charge < -0.3 is 15.0 Å². The molecule has 3 N–H and O–H groups in total. The summed E-state index contributed by atoms with van der Waals surface area (Å²) in [5.74, 6) is 0.279. The highest BCUT2D eigenvalue weighted by Crippen LogP contribution is 2.16. The molecule has 1 fully saturated rings. The highest BCUT2D eigenvalue weighted by Gasteiger charge is 2.26. The number of ether oxygens (including phenoxy) is 1. The Kier molecular flexibility index (Phi) is 4.08. The molecule has 0 spiro atoms. The van der Waals surface area contributed by atoms with Crippen LogP contribution in [0.15, 0.2) is 30.3 Å². The highest BCUT2D eigenvalue weighted by atomic mass is 16.5. The number of nitrogens with zero attached hydrogens (tertiary/aromatic N) is 3. The van der Waals surface area contributed by atoms with Crippen LogP contribution < -0.4 is 15.4 Å². The summed E-state index contributed by atoms with van der Waals surface area (Å²) in [5, 5.41) is 12.5. The molecule has 0 radical (unpaired) electrons. The van der Waals surface area contributed by atoms with E-state index in [0.717, 1.165) is 12.1 Å². The fourth-order valence-corrected chi connectivity index (χ4v) is 2.41. The molecule has 1 atom stereocenters. The van der Waals surface area contributed by atoms with Crippen molar-refractivity contribution in [2.45, 2.75) is 12.5 Å². The Hall–Kier alpha value is -2.77. The lowest BCUT2D eigenvalue weighted by Gasteiger charge is -2.17. The minimum Gasteiger partial charge on any atom is -0.466 e. The first kappa shape index (κ1) is 14.2. The number of nitrogens with one attached hydrogen (secondary N) is 3. The van der Waals surface area contributed by atoms with Gasteiger partial charge in [0.2, 0.25) is 5.95 Å². The van der Waals surface area contributed by atoms with Crippen LogP contribution in [-0.2, 0) is 0 Å². The number of carbonyl (C=O) groups is 1. The van der Waals surface area contributed by atoms with Crippen LogP contribution in [0.2, 0.25) is 0 Å². The molecule has 8 heteroatoms. The van der Waals surface area contributed by atoms with Crippen molar-refractivity contribution in [3.63, 3.8) is 0 Å². The molecule has 1 saturated heterocycles. The van der Waals surface area contributed by atoms with Crippen LogP contribution in [0.5, 0.6) is 6.01 Å². The lowest BCUT2D eigenvalue weighted by Crippen LogP contribution is -2.35. The molecule has 0 bridgehead atoms. The van der Waals surface area contributed by atoms with Crippen LogP contribution >= 0.6 is 0 Å². The van der Waals surface area contributed by atoms with Crippen LogP contribution in [0.25, 0.3) is 0 Å². The lowest BCUT2D eigenvalue weighted by molar-refractivity contribution is 0.222. The molecule has 116 valence electrons. The van der Waals surface area contributed by atoms with Crippen molar-refractivity contribution in [3.05, 3.63) is 30.3 Å². The number of urea groups is 1. The summed E-state index contributed by atoms with van der Waals surface area (Å²) in [4.78, 5) is 17.9. The third-order valence-electron chi connectivity index (χ3n) is 3.49. The third-order valence-corrected chi connectivity index (χ3v) is 3.49. The second-order valence-corrected chi connectivity index (χ2v) is 5.04. The molecule has 0 aliphatic carbocycles. The number of para-hydroxylation sites is 1. The van der Waals surface area contributed by atoms with Crippen LogP contribution in [0.1, 0.15) is 6.42 Å². The predicted octanol–water partition coefficient (Wildman–Crippen LogP) is 1.53. The van der Waals surface area contributed by atoms with E-state index in [-0.39, 0.29) is 24.0 Å². The minimum absolute atomic E-state index is 0.195. The molecule has 1 aliphatic rings. The molecule has 0 unspecified atom stereocenters. The van der Waals surface area contributed by atoms with Crippen molar-refractivity contribution in [1.29, 1.82) is 0 Å². The number of carbonyl (C=O) groups excluding carboxylic acids is 1. The average Bonchev–Trinajstić information content (AvgIpc) is 3.17. The average molecular weight is 302 g/mol. The van der Waals surface area contributed by atoms with Gasteiger partial charge in [-0.3, -0.25) is 5.32 Å². The first-order chi connectivity index (χ1) is 10.7. The summed E-state index contributed by atoms with van der Waals surface area (Å²) >= 11 is 0. The quantitative estimate of drug-likeness (QED) is 0.796. The number of hydrogen-bond donors (Lipinski definition) is 3. The van der Waals surface area contributed by atoms with E-state index in [1.807, 2.05) is 30.3 Å². The summed E-state index contributed by atoms with van der Waals surface area (Å²) in [7, 11) is 1.47. The molecule has 1 aliphatic heterocycles. The van der Waals surface area contributed by atoms with Crippen molar-refractivity contribution < 1.29 is 9.53 Å². The van der Waals surface area contributed by atoms with Crippen molar-refractivity contribution in [2.75, 3.05) is 30.8 Å². The van der Waals surface area contributed by atoms with Gasteiger partial charge in [0.25, 0.3) is 0 Å². The normalized spacial score (nSPS) is 17.3. The number of H-pyrrole nitrogens is 1. The largest absolute Gasteiger partial charge is 0.466 e. The van der Waals surface area contributed by atoms with E-state index < -0.39 is 0 Å². The number of aromatic amines is 1. The van der Waals surface area contributed by atoms with Gasteiger partial charge in [0.1, 0.15) is 0 Å². The third kappa shape index (κ3) is 3.27. The summed E-state index contributed by atoms with van der Waals surface area (Å²) in [6, 6.07) is 10.2. The fraction of sp³-hybridized carbons (Fsp3) is 0.357. The van der Waals surface area contributed by atoms with E-state index >= 15 is 0 Å². The number of likely N-dealkylation sites (tertiary alicyclic amines) is 1. The second-order valence-electron chi connectivity index (χ2n) is 5.04.